The van der Waals surface area contributed by atoms with Crippen molar-refractivity contribution in [1.82, 2.24) is 10.6 Å². The topological polar surface area (TPSA) is 111 Å². The SMILES string of the molecule is CCC1COC(=O)CC(=O)NC(CC)COC(=O)CC(=O)N1. The summed E-state index contributed by atoms with van der Waals surface area (Å²) in [5, 5.41) is 5.18. The second kappa shape index (κ2) is 9.01. The molecule has 2 N–H and O–H groups in total. The van der Waals surface area contributed by atoms with Gasteiger partial charge in [0.15, 0.2) is 0 Å². The summed E-state index contributed by atoms with van der Waals surface area (Å²) in [4.78, 5) is 46.5. The molecule has 2 amide bonds. The Morgan fingerprint density at radius 3 is 1.50 bits per heavy atom. The van der Waals surface area contributed by atoms with E-state index in [1.807, 2.05) is 0 Å². The van der Waals surface area contributed by atoms with Gasteiger partial charge in [-0.15, -0.1) is 0 Å². The van der Waals surface area contributed by atoms with Crippen LogP contribution >= 0.6 is 0 Å². The van der Waals surface area contributed by atoms with E-state index in [2.05, 4.69) is 10.6 Å². The van der Waals surface area contributed by atoms with Gasteiger partial charge in [0.05, 0.1) is 12.1 Å². The van der Waals surface area contributed by atoms with E-state index in [0.29, 0.717) is 12.8 Å². The van der Waals surface area contributed by atoms with Gasteiger partial charge in [-0.2, -0.15) is 0 Å². The van der Waals surface area contributed by atoms with Gasteiger partial charge in [-0.1, -0.05) is 13.8 Å². The molecule has 0 bridgehead atoms. The Morgan fingerprint density at radius 2 is 1.18 bits per heavy atom. The third-order valence-electron chi connectivity index (χ3n) is 3.22. The molecule has 0 aromatic heterocycles. The smallest absolute Gasteiger partial charge is 0.315 e. The number of carbonyl (C=O) groups excluding carboxylic acids is 4. The number of carbonyl (C=O) groups is 4. The predicted octanol–water partition coefficient (Wildman–Crippen LogP) is -0.344. The van der Waals surface area contributed by atoms with E-state index in [9.17, 15) is 19.2 Å². The highest BCUT2D eigenvalue weighted by molar-refractivity contribution is 5.95. The number of hydrogen-bond donors (Lipinski definition) is 2. The molecule has 8 nitrogen and oxygen atoms in total. The molecule has 22 heavy (non-hydrogen) atoms. The molecule has 1 aliphatic heterocycles. The van der Waals surface area contributed by atoms with Crippen molar-refractivity contribution in [2.75, 3.05) is 13.2 Å². The third-order valence-corrected chi connectivity index (χ3v) is 3.22. The van der Waals surface area contributed by atoms with Gasteiger partial charge in [0.2, 0.25) is 11.8 Å². The van der Waals surface area contributed by atoms with Crippen molar-refractivity contribution < 1.29 is 28.7 Å². The molecular weight excluding hydrogens is 292 g/mol. The zero-order valence-corrected chi connectivity index (χ0v) is 12.8. The summed E-state index contributed by atoms with van der Waals surface area (Å²) in [5.74, 6) is -2.28. The number of hydrogen-bond acceptors (Lipinski definition) is 6. The first-order chi connectivity index (χ1) is 10.4. The zero-order valence-electron chi connectivity index (χ0n) is 12.8. The average Bonchev–Trinajstić information content (AvgIpc) is 2.46. The lowest BCUT2D eigenvalue weighted by Crippen LogP contribution is -2.42. The molecule has 1 rings (SSSR count). The molecular formula is C14H22N2O6. The molecule has 0 spiro atoms. The fourth-order valence-corrected chi connectivity index (χ4v) is 1.83. The van der Waals surface area contributed by atoms with Crippen LogP contribution in [0.3, 0.4) is 0 Å². The van der Waals surface area contributed by atoms with E-state index in [1.54, 1.807) is 13.8 Å². The first-order valence-corrected chi connectivity index (χ1v) is 7.34. The van der Waals surface area contributed by atoms with Gasteiger partial charge < -0.3 is 20.1 Å². The fraction of sp³-hybridized carbons (Fsp3) is 0.714. The highest BCUT2D eigenvalue weighted by atomic mass is 16.5. The Balaban J connectivity index is 2.73. The van der Waals surface area contributed by atoms with E-state index in [0.717, 1.165) is 0 Å². The van der Waals surface area contributed by atoms with Crippen LogP contribution in [0.25, 0.3) is 0 Å². The van der Waals surface area contributed by atoms with E-state index >= 15 is 0 Å². The third kappa shape index (κ3) is 6.55. The van der Waals surface area contributed by atoms with Crippen LogP contribution in [-0.2, 0) is 28.7 Å². The largest absolute Gasteiger partial charge is 0.463 e. The zero-order chi connectivity index (χ0) is 16.5. The second-order valence-electron chi connectivity index (χ2n) is 5.06. The minimum absolute atomic E-state index is 0.0411. The van der Waals surface area contributed by atoms with Gasteiger partial charge in [0, 0.05) is 0 Å². The van der Waals surface area contributed by atoms with Crippen molar-refractivity contribution in [2.24, 2.45) is 0 Å². The van der Waals surface area contributed by atoms with E-state index in [4.69, 9.17) is 9.47 Å². The Morgan fingerprint density at radius 1 is 0.818 bits per heavy atom. The van der Waals surface area contributed by atoms with Gasteiger partial charge in [-0.3, -0.25) is 19.2 Å². The lowest BCUT2D eigenvalue weighted by molar-refractivity contribution is -0.152. The van der Waals surface area contributed by atoms with E-state index in [1.165, 1.54) is 0 Å². The van der Waals surface area contributed by atoms with Crippen molar-refractivity contribution in [1.29, 1.82) is 0 Å². The first kappa shape index (κ1) is 17.9. The van der Waals surface area contributed by atoms with Crippen LogP contribution in [0.15, 0.2) is 0 Å². The monoisotopic (exact) mass is 314 g/mol. The van der Waals surface area contributed by atoms with Crippen molar-refractivity contribution in [3.8, 4) is 0 Å². The van der Waals surface area contributed by atoms with E-state index in [-0.39, 0.29) is 13.2 Å². The van der Waals surface area contributed by atoms with Crippen LogP contribution in [-0.4, -0.2) is 49.1 Å². The normalized spacial score (nSPS) is 25.4. The summed E-state index contributed by atoms with van der Waals surface area (Å²) in [7, 11) is 0. The summed E-state index contributed by atoms with van der Waals surface area (Å²) in [6.45, 7) is 3.53. The number of rotatable bonds is 2. The minimum atomic E-state index is -0.658. The standard InChI is InChI=1S/C14H22N2O6/c1-3-9-7-21-13(19)6-12(18)16-10(4-2)8-22-14(20)5-11(17)15-9/h9-10H,3-8H2,1-2H3,(H,15,17)(H,16,18). The Kier molecular flexibility index (Phi) is 7.34. The van der Waals surface area contributed by atoms with Crippen LogP contribution in [0.2, 0.25) is 0 Å². The minimum Gasteiger partial charge on any atom is -0.463 e. The number of amides is 2. The van der Waals surface area contributed by atoms with Crippen LogP contribution in [0.1, 0.15) is 39.5 Å². The van der Waals surface area contributed by atoms with Crippen LogP contribution < -0.4 is 10.6 Å². The molecule has 1 heterocycles. The summed E-state index contributed by atoms with van der Waals surface area (Å²) in [6.07, 6.45) is 0.236. The molecule has 0 aliphatic carbocycles. The summed E-state index contributed by atoms with van der Waals surface area (Å²) < 4.78 is 9.95. The molecule has 1 saturated heterocycles. The van der Waals surface area contributed by atoms with Gasteiger partial charge in [0.1, 0.15) is 26.1 Å². The number of cyclic esters (lactones) is 2. The average molecular weight is 314 g/mol. The second-order valence-corrected chi connectivity index (χ2v) is 5.06. The molecule has 1 fully saturated rings. The predicted molar refractivity (Wildman–Crippen MR) is 75.6 cm³/mol. The molecule has 0 radical (unpaired) electrons. The van der Waals surface area contributed by atoms with Crippen molar-refractivity contribution in [2.45, 2.75) is 51.6 Å². The molecule has 0 aromatic rings. The maximum atomic E-state index is 11.7. The van der Waals surface area contributed by atoms with Crippen LogP contribution in [0.4, 0.5) is 0 Å². The lowest BCUT2D eigenvalue weighted by Gasteiger charge is -2.20. The lowest BCUT2D eigenvalue weighted by atomic mass is 10.2. The van der Waals surface area contributed by atoms with Gasteiger partial charge in [-0.25, -0.2) is 0 Å². The molecule has 124 valence electrons. The number of ether oxygens (including phenoxy) is 2. The highest BCUT2D eigenvalue weighted by Crippen LogP contribution is 2.01. The molecule has 0 aromatic carbocycles. The quantitative estimate of drug-likeness (QED) is 0.533. The first-order valence-electron chi connectivity index (χ1n) is 7.34. The highest BCUT2D eigenvalue weighted by Gasteiger charge is 2.21. The fourth-order valence-electron chi connectivity index (χ4n) is 1.83. The van der Waals surface area contributed by atoms with Crippen LogP contribution in [0.5, 0.6) is 0 Å². The van der Waals surface area contributed by atoms with Crippen molar-refractivity contribution in [3.05, 3.63) is 0 Å². The Hall–Kier alpha value is -2.12. The number of nitrogens with one attached hydrogen (secondary N) is 2. The number of esters is 2. The van der Waals surface area contributed by atoms with Crippen molar-refractivity contribution >= 4 is 23.8 Å². The Bertz CT molecular complexity index is 397. The molecule has 8 heteroatoms. The summed E-state index contributed by atoms with van der Waals surface area (Å²) in [5.41, 5.74) is 0. The molecule has 2 atom stereocenters. The molecule has 1 aliphatic rings. The van der Waals surface area contributed by atoms with Crippen molar-refractivity contribution in [3.63, 3.8) is 0 Å². The van der Waals surface area contributed by atoms with Crippen LogP contribution in [0, 0.1) is 0 Å². The molecule has 2 unspecified atom stereocenters. The summed E-state index contributed by atoms with van der Waals surface area (Å²) in [6, 6.07) is -0.808. The van der Waals surface area contributed by atoms with Gasteiger partial charge in [-0.05, 0) is 12.8 Å². The Labute approximate surface area is 128 Å². The van der Waals surface area contributed by atoms with E-state index < -0.39 is 48.7 Å². The molecule has 0 saturated carbocycles. The maximum Gasteiger partial charge on any atom is 0.315 e. The summed E-state index contributed by atoms with van der Waals surface area (Å²) >= 11 is 0. The van der Waals surface area contributed by atoms with Gasteiger partial charge in [0.25, 0.3) is 0 Å². The maximum absolute atomic E-state index is 11.7. The van der Waals surface area contributed by atoms with Gasteiger partial charge >= 0.3 is 11.9 Å².